The van der Waals surface area contributed by atoms with Gasteiger partial charge in [-0.1, -0.05) is 36.4 Å². The lowest BCUT2D eigenvalue weighted by Gasteiger charge is -2.09. The molecule has 1 aliphatic heterocycles. The van der Waals surface area contributed by atoms with Crippen molar-refractivity contribution in [2.75, 3.05) is 13.2 Å². The third kappa shape index (κ3) is 3.08. The van der Waals surface area contributed by atoms with E-state index in [1.54, 1.807) is 6.20 Å². The van der Waals surface area contributed by atoms with E-state index in [1.807, 2.05) is 36.5 Å². The van der Waals surface area contributed by atoms with Gasteiger partial charge in [-0.05, 0) is 23.3 Å². The number of aromatic nitrogens is 1. The number of ether oxygens (including phenoxy) is 2. The second-order valence-electron chi connectivity index (χ2n) is 4.36. The van der Waals surface area contributed by atoms with Gasteiger partial charge in [-0.15, -0.1) is 0 Å². The first kappa shape index (κ1) is 12.1. The molecule has 0 bridgehead atoms. The molecule has 0 radical (unpaired) electrons. The largest absolute Gasteiger partial charge is 0.346 e. The second kappa shape index (κ2) is 5.78. The molecule has 1 fully saturated rings. The van der Waals surface area contributed by atoms with Crippen LogP contribution >= 0.6 is 0 Å². The first-order valence-electron chi connectivity index (χ1n) is 6.33. The standard InChI is InChI=1S/C16H15NO2/c1-3-13(6-7-14-4-2-8-17-12-14)11-15(5-1)16-18-9-10-19-16/h1-8,11-12,16H,9-10H2. The monoisotopic (exact) mass is 253 g/mol. The van der Waals surface area contributed by atoms with Crippen LogP contribution < -0.4 is 0 Å². The fourth-order valence-corrected chi connectivity index (χ4v) is 2.03. The van der Waals surface area contributed by atoms with Crippen LogP contribution in [0.5, 0.6) is 0 Å². The summed E-state index contributed by atoms with van der Waals surface area (Å²) in [4.78, 5) is 4.09. The van der Waals surface area contributed by atoms with Crippen molar-refractivity contribution in [3.05, 3.63) is 65.5 Å². The Labute approximate surface area is 112 Å². The third-order valence-corrected chi connectivity index (χ3v) is 2.96. The smallest absolute Gasteiger partial charge is 0.184 e. The SMILES string of the molecule is C(=Cc1cccc(C2OCCO2)c1)c1cccnc1. The zero-order valence-corrected chi connectivity index (χ0v) is 10.5. The summed E-state index contributed by atoms with van der Waals surface area (Å²) in [5.74, 6) is 0. The van der Waals surface area contributed by atoms with E-state index in [1.165, 1.54) is 0 Å². The molecule has 3 nitrogen and oxygen atoms in total. The maximum absolute atomic E-state index is 5.50. The highest BCUT2D eigenvalue weighted by Crippen LogP contribution is 2.24. The minimum Gasteiger partial charge on any atom is -0.346 e. The number of benzene rings is 1. The van der Waals surface area contributed by atoms with E-state index in [0.29, 0.717) is 13.2 Å². The molecule has 19 heavy (non-hydrogen) atoms. The number of pyridine rings is 1. The van der Waals surface area contributed by atoms with Gasteiger partial charge in [0, 0.05) is 18.0 Å². The van der Waals surface area contributed by atoms with Crippen LogP contribution in [0.2, 0.25) is 0 Å². The normalized spacial score (nSPS) is 16.2. The Hall–Kier alpha value is -1.97. The maximum atomic E-state index is 5.50. The predicted octanol–water partition coefficient (Wildman–Crippen LogP) is 3.30. The first-order valence-corrected chi connectivity index (χ1v) is 6.33. The Morgan fingerprint density at radius 3 is 2.58 bits per heavy atom. The summed E-state index contributed by atoms with van der Waals surface area (Å²) in [6.45, 7) is 1.33. The lowest BCUT2D eigenvalue weighted by atomic mass is 10.1. The highest BCUT2D eigenvalue weighted by atomic mass is 16.7. The number of nitrogens with zero attached hydrogens (tertiary/aromatic N) is 1. The molecule has 1 aliphatic rings. The van der Waals surface area contributed by atoms with Crippen molar-refractivity contribution in [1.82, 2.24) is 4.98 Å². The van der Waals surface area contributed by atoms with Crippen molar-refractivity contribution < 1.29 is 9.47 Å². The molecule has 3 heteroatoms. The van der Waals surface area contributed by atoms with Crippen LogP contribution in [0.3, 0.4) is 0 Å². The lowest BCUT2D eigenvalue weighted by molar-refractivity contribution is -0.0441. The molecule has 0 aliphatic carbocycles. The molecule has 2 aromatic rings. The van der Waals surface area contributed by atoms with E-state index < -0.39 is 0 Å². The van der Waals surface area contributed by atoms with E-state index >= 15 is 0 Å². The van der Waals surface area contributed by atoms with E-state index in [4.69, 9.17) is 9.47 Å². The molecule has 2 heterocycles. The van der Waals surface area contributed by atoms with Crippen molar-refractivity contribution >= 4 is 12.2 Å². The van der Waals surface area contributed by atoms with Gasteiger partial charge in [-0.25, -0.2) is 0 Å². The van der Waals surface area contributed by atoms with Gasteiger partial charge in [0.2, 0.25) is 0 Å². The number of hydrogen-bond acceptors (Lipinski definition) is 3. The molecular weight excluding hydrogens is 238 g/mol. The minimum atomic E-state index is -0.216. The van der Waals surface area contributed by atoms with Gasteiger partial charge in [-0.2, -0.15) is 0 Å². The number of hydrogen-bond donors (Lipinski definition) is 0. The summed E-state index contributed by atoms with van der Waals surface area (Å²) in [6.07, 6.45) is 7.50. The van der Waals surface area contributed by atoms with Crippen molar-refractivity contribution in [3.63, 3.8) is 0 Å². The van der Waals surface area contributed by atoms with E-state index in [2.05, 4.69) is 23.2 Å². The molecule has 0 spiro atoms. The summed E-state index contributed by atoms with van der Waals surface area (Å²) >= 11 is 0. The maximum Gasteiger partial charge on any atom is 0.184 e. The molecule has 1 aromatic heterocycles. The lowest BCUT2D eigenvalue weighted by Crippen LogP contribution is -1.97. The molecule has 0 amide bonds. The van der Waals surface area contributed by atoms with Gasteiger partial charge in [0.25, 0.3) is 0 Å². The molecule has 1 aromatic carbocycles. The van der Waals surface area contributed by atoms with Crippen molar-refractivity contribution in [1.29, 1.82) is 0 Å². The minimum absolute atomic E-state index is 0.216. The fourth-order valence-electron chi connectivity index (χ4n) is 2.03. The van der Waals surface area contributed by atoms with Gasteiger partial charge < -0.3 is 9.47 Å². The van der Waals surface area contributed by atoms with E-state index in [-0.39, 0.29) is 6.29 Å². The quantitative estimate of drug-likeness (QED) is 0.841. The summed E-state index contributed by atoms with van der Waals surface area (Å²) in [5.41, 5.74) is 3.27. The predicted molar refractivity (Wildman–Crippen MR) is 74.3 cm³/mol. The average Bonchev–Trinajstić information content (AvgIpc) is 3.01. The molecule has 3 rings (SSSR count). The molecule has 0 saturated carbocycles. The van der Waals surface area contributed by atoms with Crippen LogP contribution in [-0.2, 0) is 9.47 Å². The van der Waals surface area contributed by atoms with Gasteiger partial charge in [0.05, 0.1) is 13.2 Å². The van der Waals surface area contributed by atoms with Crippen LogP contribution in [0.15, 0.2) is 48.8 Å². The van der Waals surface area contributed by atoms with Gasteiger partial charge in [0.1, 0.15) is 0 Å². The molecule has 0 unspecified atom stereocenters. The molecule has 0 atom stereocenters. The van der Waals surface area contributed by atoms with Crippen molar-refractivity contribution in [3.8, 4) is 0 Å². The average molecular weight is 253 g/mol. The topological polar surface area (TPSA) is 31.4 Å². The molecule has 0 N–H and O–H groups in total. The number of rotatable bonds is 3. The highest BCUT2D eigenvalue weighted by molar-refractivity contribution is 5.69. The van der Waals surface area contributed by atoms with E-state index in [9.17, 15) is 0 Å². The second-order valence-corrected chi connectivity index (χ2v) is 4.36. The van der Waals surface area contributed by atoms with Crippen LogP contribution in [0.25, 0.3) is 12.2 Å². The first-order chi connectivity index (χ1) is 9.42. The van der Waals surface area contributed by atoms with Crippen LogP contribution in [-0.4, -0.2) is 18.2 Å². The highest BCUT2D eigenvalue weighted by Gasteiger charge is 2.17. The Morgan fingerprint density at radius 1 is 1.00 bits per heavy atom. The van der Waals surface area contributed by atoms with Crippen LogP contribution in [0.4, 0.5) is 0 Å². The summed E-state index contributed by atoms with van der Waals surface area (Å²) in [7, 11) is 0. The van der Waals surface area contributed by atoms with Crippen molar-refractivity contribution in [2.24, 2.45) is 0 Å². The van der Waals surface area contributed by atoms with Crippen LogP contribution in [0.1, 0.15) is 23.0 Å². The van der Waals surface area contributed by atoms with Gasteiger partial charge in [-0.3, -0.25) is 4.98 Å². The summed E-state index contributed by atoms with van der Waals surface area (Å²) < 4.78 is 11.0. The molecule has 1 saturated heterocycles. The zero-order chi connectivity index (χ0) is 12.9. The Morgan fingerprint density at radius 2 is 1.79 bits per heavy atom. The molecular formula is C16H15NO2. The van der Waals surface area contributed by atoms with E-state index in [0.717, 1.165) is 16.7 Å². The fraction of sp³-hybridized carbons (Fsp3) is 0.188. The summed E-state index contributed by atoms with van der Waals surface area (Å²) in [6, 6.07) is 12.1. The van der Waals surface area contributed by atoms with Crippen molar-refractivity contribution in [2.45, 2.75) is 6.29 Å². The van der Waals surface area contributed by atoms with Gasteiger partial charge in [0.15, 0.2) is 6.29 Å². The van der Waals surface area contributed by atoms with Crippen LogP contribution in [0, 0.1) is 0 Å². The zero-order valence-electron chi connectivity index (χ0n) is 10.5. The Kier molecular flexibility index (Phi) is 3.68. The molecule has 96 valence electrons. The Balaban J connectivity index is 1.78. The summed E-state index contributed by atoms with van der Waals surface area (Å²) in [5, 5.41) is 0. The Bertz CT molecular complexity index is 560. The van der Waals surface area contributed by atoms with Gasteiger partial charge >= 0.3 is 0 Å². The third-order valence-electron chi connectivity index (χ3n) is 2.96.